The monoisotopic (exact) mass is 220 g/mol. The molecule has 2 N–H and O–H groups in total. The lowest BCUT2D eigenvalue weighted by molar-refractivity contribution is 0.414. The molecule has 3 nitrogen and oxygen atoms in total. The zero-order valence-electron chi connectivity index (χ0n) is 10.1. The second-order valence-electron chi connectivity index (χ2n) is 4.76. The number of nitrogens with two attached hydrogens (primary N) is 1. The van der Waals surface area contributed by atoms with Gasteiger partial charge in [-0.15, -0.1) is 0 Å². The van der Waals surface area contributed by atoms with Gasteiger partial charge in [-0.3, -0.25) is 0 Å². The lowest BCUT2D eigenvalue weighted by Crippen LogP contribution is -2.31. The molecular formula is C13H20N2O. The van der Waals surface area contributed by atoms with E-state index < -0.39 is 0 Å². The number of rotatable bonds is 5. The van der Waals surface area contributed by atoms with Crippen molar-refractivity contribution in [2.75, 3.05) is 32.1 Å². The van der Waals surface area contributed by atoms with Crippen LogP contribution in [0.5, 0.6) is 5.75 Å². The van der Waals surface area contributed by atoms with Crippen molar-refractivity contribution < 1.29 is 4.74 Å². The van der Waals surface area contributed by atoms with Crippen molar-refractivity contribution in [1.29, 1.82) is 0 Å². The van der Waals surface area contributed by atoms with E-state index >= 15 is 0 Å². The van der Waals surface area contributed by atoms with Crippen LogP contribution in [0.3, 0.4) is 0 Å². The van der Waals surface area contributed by atoms with Gasteiger partial charge in [0.25, 0.3) is 0 Å². The first-order valence-electron chi connectivity index (χ1n) is 5.74. The van der Waals surface area contributed by atoms with Crippen molar-refractivity contribution in [2.24, 2.45) is 11.1 Å². The van der Waals surface area contributed by atoms with Crippen LogP contribution in [0.15, 0.2) is 24.3 Å². The Hall–Kier alpha value is -1.22. The number of methoxy groups -OCH3 is 1. The fraction of sp³-hybridized carbons (Fsp3) is 0.538. The molecule has 0 aliphatic heterocycles. The second-order valence-corrected chi connectivity index (χ2v) is 4.76. The summed E-state index contributed by atoms with van der Waals surface area (Å²) in [6.45, 7) is 1.83. The second kappa shape index (κ2) is 4.34. The van der Waals surface area contributed by atoms with Crippen molar-refractivity contribution >= 4 is 5.69 Å². The van der Waals surface area contributed by atoms with Crippen LogP contribution in [-0.4, -0.2) is 27.2 Å². The Balaban J connectivity index is 2.05. The van der Waals surface area contributed by atoms with Crippen molar-refractivity contribution in [3.05, 3.63) is 24.3 Å². The zero-order valence-corrected chi connectivity index (χ0v) is 10.1. The summed E-state index contributed by atoms with van der Waals surface area (Å²) in [6, 6.07) is 8.15. The highest BCUT2D eigenvalue weighted by atomic mass is 16.5. The molecule has 0 unspecified atom stereocenters. The minimum atomic E-state index is 0.373. The fourth-order valence-electron chi connectivity index (χ4n) is 2.05. The van der Waals surface area contributed by atoms with E-state index in [9.17, 15) is 0 Å². The molecule has 1 aromatic carbocycles. The van der Waals surface area contributed by atoms with Gasteiger partial charge < -0.3 is 15.4 Å². The van der Waals surface area contributed by atoms with E-state index in [-0.39, 0.29) is 0 Å². The van der Waals surface area contributed by atoms with E-state index in [1.165, 1.54) is 18.5 Å². The van der Waals surface area contributed by atoms with Gasteiger partial charge in [0.05, 0.1) is 7.11 Å². The van der Waals surface area contributed by atoms with Gasteiger partial charge in [-0.2, -0.15) is 0 Å². The summed E-state index contributed by atoms with van der Waals surface area (Å²) < 4.78 is 5.23. The highest BCUT2D eigenvalue weighted by Gasteiger charge is 2.42. The zero-order chi connectivity index (χ0) is 11.6. The Morgan fingerprint density at radius 3 is 2.75 bits per heavy atom. The smallest absolute Gasteiger partial charge is 0.120 e. The lowest BCUT2D eigenvalue weighted by atomic mass is 10.1. The summed E-state index contributed by atoms with van der Waals surface area (Å²) >= 11 is 0. The molecule has 2 rings (SSSR count). The van der Waals surface area contributed by atoms with Crippen LogP contribution >= 0.6 is 0 Å². The molecule has 0 saturated heterocycles. The molecule has 1 saturated carbocycles. The van der Waals surface area contributed by atoms with E-state index in [1.807, 2.05) is 12.1 Å². The molecular weight excluding hydrogens is 200 g/mol. The first-order chi connectivity index (χ1) is 7.69. The van der Waals surface area contributed by atoms with E-state index in [4.69, 9.17) is 10.5 Å². The lowest BCUT2D eigenvalue weighted by Gasteiger charge is -2.25. The predicted octanol–water partition coefficient (Wildman–Crippen LogP) is 1.87. The third-order valence-corrected chi connectivity index (χ3v) is 3.46. The minimum Gasteiger partial charge on any atom is -0.497 e. The molecule has 3 heteroatoms. The van der Waals surface area contributed by atoms with Crippen LogP contribution in [0.25, 0.3) is 0 Å². The summed E-state index contributed by atoms with van der Waals surface area (Å²) in [4.78, 5) is 2.27. The van der Waals surface area contributed by atoms with E-state index in [2.05, 4.69) is 24.1 Å². The normalized spacial score (nSPS) is 16.9. The molecule has 0 atom stereocenters. The molecule has 1 aromatic rings. The highest BCUT2D eigenvalue weighted by Crippen LogP contribution is 2.45. The molecule has 88 valence electrons. The Morgan fingerprint density at radius 1 is 1.44 bits per heavy atom. The van der Waals surface area contributed by atoms with Crippen LogP contribution in [-0.2, 0) is 0 Å². The molecule has 0 spiro atoms. The first-order valence-corrected chi connectivity index (χ1v) is 5.74. The van der Waals surface area contributed by atoms with Crippen molar-refractivity contribution in [2.45, 2.75) is 12.8 Å². The number of hydrogen-bond acceptors (Lipinski definition) is 3. The summed E-state index contributed by atoms with van der Waals surface area (Å²) in [5, 5.41) is 0. The van der Waals surface area contributed by atoms with Gasteiger partial charge in [0.2, 0.25) is 0 Å². The van der Waals surface area contributed by atoms with Gasteiger partial charge >= 0.3 is 0 Å². The van der Waals surface area contributed by atoms with Crippen LogP contribution in [0, 0.1) is 5.41 Å². The van der Waals surface area contributed by atoms with Crippen LogP contribution in [0.1, 0.15) is 12.8 Å². The summed E-state index contributed by atoms with van der Waals surface area (Å²) in [6.07, 6.45) is 2.52. The first kappa shape index (κ1) is 11.3. The molecule has 1 aliphatic rings. The Morgan fingerprint density at radius 2 is 2.19 bits per heavy atom. The summed E-state index contributed by atoms with van der Waals surface area (Å²) in [7, 11) is 3.81. The summed E-state index contributed by atoms with van der Waals surface area (Å²) in [5.41, 5.74) is 7.37. The minimum absolute atomic E-state index is 0.373. The molecule has 0 aromatic heterocycles. The number of anilines is 1. The van der Waals surface area contributed by atoms with E-state index in [0.717, 1.165) is 18.8 Å². The van der Waals surface area contributed by atoms with Crippen LogP contribution in [0.2, 0.25) is 0 Å². The molecule has 1 aliphatic carbocycles. The third-order valence-electron chi connectivity index (χ3n) is 3.46. The van der Waals surface area contributed by atoms with Crippen molar-refractivity contribution in [1.82, 2.24) is 0 Å². The maximum absolute atomic E-state index is 5.80. The SMILES string of the molecule is COc1cccc(N(C)CC2(CN)CC2)c1. The van der Waals surface area contributed by atoms with E-state index in [0.29, 0.717) is 5.41 Å². The van der Waals surface area contributed by atoms with Crippen molar-refractivity contribution in [3.63, 3.8) is 0 Å². The van der Waals surface area contributed by atoms with Crippen LogP contribution in [0.4, 0.5) is 5.69 Å². The van der Waals surface area contributed by atoms with Gasteiger partial charge in [0.1, 0.15) is 5.75 Å². The maximum Gasteiger partial charge on any atom is 0.120 e. The Labute approximate surface area is 97.2 Å². The van der Waals surface area contributed by atoms with Gasteiger partial charge in [-0.1, -0.05) is 6.07 Å². The topological polar surface area (TPSA) is 38.5 Å². The number of ether oxygens (including phenoxy) is 1. The number of benzene rings is 1. The van der Waals surface area contributed by atoms with Gasteiger partial charge in [0, 0.05) is 30.8 Å². The maximum atomic E-state index is 5.80. The molecule has 16 heavy (non-hydrogen) atoms. The average molecular weight is 220 g/mol. The van der Waals surface area contributed by atoms with E-state index in [1.54, 1.807) is 7.11 Å². The van der Waals surface area contributed by atoms with Gasteiger partial charge in [-0.25, -0.2) is 0 Å². The Bertz CT molecular complexity index is 361. The van der Waals surface area contributed by atoms with Crippen molar-refractivity contribution in [3.8, 4) is 5.75 Å². The molecule has 1 fully saturated rings. The number of hydrogen-bond donors (Lipinski definition) is 1. The summed E-state index contributed by atoms with van der Waals surface area (Å²) in [5.74, 6) is 0.905. The van der Waals surface area contributed by atoms with Gasteiger partial charge in [0.15, 0.2) is 0 Å². The molecule has 0 amide bonds. The van der Waals surface area contributed by atoms with Gasteiger partial charge in [-0.05, 0) is 31.5 Å². The quantitative estimate of drug-likeness (QED) is 0.823. The molecule has 0 bridgehead atoms. The Kier molecular flexibility index (Phi) is 3.06. The molecule has 0 heterocycles. The average Bonchev–Trinajstić information content (AvgIpc) is 3.09. The van der Waals surface area contributed by atoms with Crippen LogP contribution < -0.4 is 15.4 Å². The third kappa shape index (κ3) is 2.30. The standard InChI is InChI=1S/C13H20N2O/c1-15(10-13(9-14)6-7-13)11-4-3-5-12(8-11)16-2/h3-5,8H,6-7,9-10,14H2,1-2H3. The largest absolute Gasteiger partial charge is 0.497 e. The highest BCUT2D eigenvalue weighted by molar-refractivity contribution is 5.50. The predicted molar refractivity (Wildman–Crippen MR) is 67.0 cm³/mol. The fourth-order valence-corrected chi connectivity index (χ4v) is 2.05. The number of nitrogens with zero attached hydrogens (tertiary/aromatic N) is 1. The molecule has 0 radical (unpaired) electrons.